The van der Waals surface area contributed by atoms with Crippen molar-refractivity contribution >= 4 is 12.4 Å². The van der Waals surface area contributed by atoms with Crippen molar-refractivity contribution in [3.8, 4) is 11.3 Å². The fourth-order valence-electron chi connectivity index (χ4n) is 2.98. The van der Waals surface area contributed by atoms with Gasteiger partial charge in [0.1, 0.15) is 11.9 Å². The highest BCUT2D eigenvalue weighted by Crippen LogP contribution is 2.28. The summed E-state index contributed by atoms with van der Waals surface area (Å²) in [5, 5.41) is 10.9. The molecule has 0 spiro atoms. The summed E-state index contributed by atoms with van der Waals surface area (Å²) < 4.78 is 11.1. The van der Waals surface area contributed by atoms with Crippen LogP contribution in [0.2, 0.25) is 0 Å². The highest BCUT2D eigenvalue weighted by molar-refractivity contribution is 5.77. The van der Waals surface area contributed by atoms with Crippen molar-refractivity contribution in [3.63, 3.8) is 0 Å². The minimum Gasteiger partial charge on any atom is -0.483 e. The van der Waals surface area contributed by atoms with Gasteiger partial charge < -0.3 is 19.3 Å². The first-order chi connectivity index (χ1) is 13.4. The Morgan fingerprint density at radius 2 is 2.11 bits per heavy atom. The van der Waals surface area contributed by atoms with Gasteiger partial charge in [0.2, 0.25) is 5.91 Å². The number of hydrogen-bond acceptors (Lipinski definition) is 7. The molecule has 2 aromatic rings. The molecule has 3 heterocycles. The average Bonchev–Trinajstić information content (AvgIpc) is 3.01. The van der Waals surface area contributed by atoms with Crippen LogP contribution < -0.4 is 0 Å². The normalized spacial score (nSPS) is 16.8. The number of pyridine rings is 1. The zero-order valence-electron chi connectivity index (χ0n) is 16.6. The zero-order valence-corrected chi connectivity index (χ0v) is 16.6. The summed E-state index contributed by atoms with van der Waals surface area (Å²) in [6.45, 7) is 5.93. The van der Waals surface area contributed by atoms with Gasteiger partial charge in [-0.2, -0.15) is 0 Å². The molecule has 1 unspecified atom stereocenters. The van der Waals surface area contributed by atoms with Gasteiger partial charge in [-0.05, 0) is 26.0 Å². The lowest BCUT2D eigenvalue weighted by Gasteiger charge is -2.32. The topological polar surface area (TPSA) is 109 Å². The minimum atomic E-state index is -0.250. The lowest BCUT2D eigenvalue weighted by atomic mass is 10.1. The number of aromatic nitrogens is 2. The SMILES string of the molecule is Cc1noc(C)c1-c1cccc(C2CN(CC(=O)N(C)C)CCO2)n1.O=CO. The summed E-state index contributed by atoms with van der Waals surface area (Å²) in [6.07, 6.45) is -0.149. The van der Waals surface area contributed by atoms with Crippen molar-refractivity contribution in [2.75, 3.05) is 40.3 Å². The average molecular weight is 390 g/mol. The molecule has 0 radical (unpaired) electrons. The molecule has 9 heteroatoms. The molecule has 0 bridgehead atoms. The molecule has 0 aliphatic carbocycles. The summed E-state index contributed by atoms with van der Waals surface area (Å²) in [7, 11) is 3.55. The highest BCUT2D eigenvalue weighted by Gasteiger charge is 2.25. The molecule has 1 aliphatic heterocycles. The van der Waals surface area contributed by atoms with E-state index in [0.29, 0.717) is 19.7 Å². The van der Waals surface area contributed by atoms with Crippen LogP contribution in [0.5, 0.6) is 0 Å². The van der Waals surface area contributed by atoms with Gasteiger partial charge >= 0.3 is 0 Å². The Morgan fingerprint density at radius 3 is 2.71 bits per heavy atom. The molecule has 1 amide bonds. The van der Waals surface area contributed by atoms with Crippen LogP contribution in [0.1, 0.15) is 23.3 Å². The number of nitrogens with zero attached hydrogens (tertiary/aromatic N) is 4. The maximum atomic E-state index is 11.9. The van der Waals surface area contributed by atoms with Gasteiger partial charge in [-0.1, -0.05) is 11.2 Å². The van der Waals surface area contributed by atoms with Crippen molar-refractivity contribution in [3.05, 3.63) is 35.3 Å². The number of carboxylic acid groups (broad SMARTS) is 1. The van der Waals surface area contributed by atoms with Crippen molar-refractivity contribution in [2.45, 2.75) is 20.0 Å². The molecule has 0 saturated carbocycles. The lowest BCUT2D eigenvalue weighted by Crippen LogP contribution is -2.44. The van der Waals surface area contributed by atoms with E-state index in [1.165, 1.54) is 0 Å². The van der Waals surface area contributed by atoms with E-state index >= 15 is 0 Å². The van der Waals surface area contributed by atoms with E-state index in [-0.39, 0.29) is 18.5 Å². The molecule has 28 heavy (non-hydrogen) atoms. The van der Waals surface area contributed by atoms with Crippen LogP contribution in [0.15, 0.2) is 22.7 Å². The van der Waals surface area contributed by atoms with Gasteiger partial charge in [0, 0.05) is 27.2 Å². The number of carbonyl (C=O) groups is 2. The Morgan fingerprint density at radius 1 is 1.39 bits per heavy atom. The molecule has 1 aliphatic rings. The van der Waals surface area contributed by atoms with Crippen LogP contribution in [-0.4, -0.2) is 77.8 Å². The first-order valence-corrected chi connectivity index (χ1v) is 8.89. The first-order valence-electron chi connectivity index (χ1n) is 8.89. The summed E-state index contributed by atoms with van der Waals surface area (Å²) >= 11 is 0. The summed E-state index contributed by atoms with van der Waals surface area (Å²) in [4.78, 5) is 28.8. The molecular formula is C19H26N4O5. The number of hydrogen-bond donors (Lipinski definition) is 1. The van der Waals surface area contributed by atoms with Crippen LogP contribution >= 0.6 is 0 Å². The molecule has 1 atom stereocenters. The zero-order chi connectivity index (χ0) is 20.7. The van der Waals surface area contributed by atoms with E-state index in [4.69, 9.17) is 24.1 Å². The molecule has 1 fully saturated rings. The smallest absolute Gasteiger partial charge is 0.290 e. The van der Waals surface area contributed by atoms with Crippen LogP contribution in [-0.2, 0) is 14.3 Å². The number of likely N-dealkylation sites (N-methyl/N-ethyl adjacent to an activating group) is 1. The second kappa shape index (κ2) is 9.95. The highest BCUT2D eigenvalue weighted by atomic mass is 16.5. The summed E-state index contributed by atoms with van der Waals surface area (Å²) in [5.41, 5.74) is 3.44. The standard InChI is InChI=1S/C18H24N4O3.CH2O2/c1-12-18(13(2)25-20-12)15-7-5-6-14(19-15)16-10-22(8-9-24-16)11-17(23)21(3)4;2-1-3/h5-7,16H,8-11H2,1-4H3;1H,(H,2,3). The van der Waals surface area contributed by atoms with Gasteiger partial charge in [-0.25, -0.2) is 4.98 Å². The number of aryl methyl sites for hydroxylation is 2. The number of amides is 1. The Kier molecular flexibility index (Phi) is 7.65. The van der Waals surface area contributed by atoms with Crippen molar-refractivity contribution < 1.29 is 24.0 Å². The second-order valence-corrected chi connectivity index (χ2v) is 6.63. The molecule has 2 aromatic heterocycles. The number of rotatable bonds is 4. The minimum absolute atomic E-state index is 0.0954. The summed E-state index contributed by atoms with van der Waals surface area (Å²) in [6, 6.07) is 5.88. The van der Waals surface area contributed by atoms with Gasteiger partial charge in [-0.15, -0.1) is 0 Å². The van der Waals surface area contributed by atoms with Crippen molar-refractivity contribution in [2.24, 2.45) is 0 Å². The third-order valence-corrected chi connectivity index (χ3v) is 4.40. The van der Waals surface area contributed by atoms with E-state index in [0.717, 1.165) is 35.0 Å². The fourth-order valence-corrected chi connectivity index (χ4v) is 2.98. The molecule has 3 rings (SSSR count). The van der Waals surface area contributed by atoms with E-state index in [9.17, 15) is 4.79 Å². The summed E-state index contributed by atoms with van der Waals surface area (Å²) in [5.74, 6) is 0.850. The van der Waals surface area contributed by atoms with Gasteiger partial charge in [-0.3, -0.25) is 14.5 Å². The number of ether oxygens (including phenoxy) is 1. The Balaban J connectivity index is 0.000000878. The lowest BCUT2D eigenvalue weighted by molar-refractivity contribution is -0.132. The quantitative estimate of drug-likeness (QED) is 0.783. The van der Waals surface area contributed by atoms with Crippen LogP contribution in [0, 0.1) is 13.8 Å². The van der Waals surface area contributed by atoms with E-state index < -0.39 is 0 Å². The van der Waals surface area contributed by atoms with Crippen LogP contribution in [0.4, 0.5) is 0 Å². The largest absolute Gasteiger partial charge is 0.483 e. The van der Waals surface area contributed by atoms with Gasteiger partial charge in [0.05, 0.1) is 35.8 Å². The van der Waals surface area contributed by atoms with E-state index in [1.807, 2.05) is 32.0 Å². The maximum Gasteiger partial charge on any atom is 0.290 e. The van der Waals surface area contributed by atoms with Crippen LogP contribution in [0.25, 0.3) is 11.3 Å². The first kappa shape index (κ1) is 21.5. The Labute approximate surface area is 163 Å². The molecular weight excluding hydrogens is 364 g/mol. The number of morpholine rings is 1. The van der Waals surface area contributed by atoms with Crippen molar-refractivity contribution in [1.82, 2.24) is 19.9 Å². The molecule has 0 aromatic carbocycles. The van der Waals surface area contributed by atoms with Crippen molar-refractivity contribution in [1.29, 1.82) is 0 Å². The third kappa shape index (κ3) is 5.37. The Bertz CT molecular complexity index is 786. The monoisotopic (exact) mass is 390 g/mol. The van der Waals surface area contributed by atoms with E-state index in [2.05, 4.69) is 10.1 Å². The molecule has 1 N–H and O–H groups in total. The molecule has 152 valence electrons. The maximum absolute atomic E-state index is 11.9. The van der Waals surface area contributed by atoms with Gasteiger partial charge in [0.25, 0.3) is 6.47 Å². The van der Waals surface area contributed by atoms with E-state index in [1.54, 1.807) is 19.0 Å². The molecule has 1 saturated heterocycles. The Hall–Kier alpha value is -2.78. The predicted molar refractivity (Wildman–Crippen MR) is 102 cm³/mol. The predicted octanol–water partition coefficient (Wildman–Crippen LogP) is 1.52. The van der Waals surface area contributed by atoms with Gasteiger partial charge in [0.15, 0.2) is 0 Å². The fraction of sp³-hybridized carbons (Fsp3) is 0.474. The number of carbonyl (C=O) groups excluding carboxylic acids is 1. The van der Waals surface area contributed by atoms with Crippen LogP contribution in [0.3, 0.4) is 0 Å². The second-order valence-electron chi connectivity index (χ2n) is 6.63. The third-order valence-electron chi connectivity index (χ3n) is 4.40. The molecule has 9 nitrogen and oxygen atoms in total.